The lowest BCUT2D eigenvalue weighted by Gasteiger charge is -2.08. The van der Waals surface area contributed by atoms with Crippen LogP contribution in [0.5, 0.6) is 0 Å². The highest BCUT2D eigenvalue weighted by Crippen LogP contribution is 2.21. The third-order valence-corrected chi connectivity index (χ3v) is 3.06. The number of carbonyl (C=O) groups is 1. The molecule has 0 unspecified atom stereocenters. The molecule has 0 bridgehead atoms. The molecule has 0 aliphatic rings. The van der Waals surface area contributed by atoms with Crippen molar-refractivity contribution in [1.82, 2.24) is 10.1 Å². The summed E-state index contributed by atoms with van der Waals surface area (Å²) in [5.41, 5.74) is 1.64. The van der Waals surface area contributed by atoms with Crippen LogP contribution < -0.4 is 5.32 Å². The van der Waals surface area contributed by atoms with Gasteiger partial charge in [-0.1, -0.05) is 23.4 Å². The Bertz CT molecular complexity index is 811. The monoisotopic (exact) mass is 283 g/mol. The molecule has 2 N–H and O–H groups in total. The molecule has 6 heteroatoms. The topological polar surface area (TPSA) is 88.2 Å². The molecular formula is C15H13N3O3. The van der Waals surface area contributed by atoms with Crippen molar-refractivity contribution < 1.29 is 14.4 Å². The summed E-state index contributed by atoms with van der Waals surface area (Å²) >= 11 is 0. The van der Waals surface area contributed by atoms with E-state index in [1.807, 2.05) is 31.2 Å². The molecule has 3 aromatic rings. The van der Waals surface area contributed by atoms with Gasteiger partial charge in [0.25, 0.3) is 0 Å². The molecule has 0 saturated heterocycles. The van der Waals surface area contributed by atoms with E-state index in [1.165, 1.54) is 0 Å². The van der Waals surface area contributed by atoms with Crippen LogP contribution in [0.25, 0.3) is 10.9 Å². The van der Waals surface area contributed by atoms with Crippen LogP contribution in [-0.2, 0) is 6.54 Å². The summed E-state index contributed by atoms with van der Waals surface area (Å²) in [6.07, 6.45) is 0. The molecule has 0 spiro atoms. The summed E-state index contributed by atoms with van der Waals surface area (Å²) in [5.74, 6) is -0.0847. The van der Waals surface area contributed by atoms with Crippen molar-refractivity contribution in [1.29, 1.82) is 0 Å². The number of pyridine rings is 1. The number of anilines is 1. The number of rotatable bonds is 4. The fourth-order valence-electron chi connectivity index (χ4n) is 2.08. The van der Waals surface area contributed by atoms with Crippen LogP contribution in [0.4, 0.5) is 5.82 Å². The third kappa shape index (κ3) is 2.69. The van der Waals surface area contributed by atoms with Gasteiger partial charge in [-0.25, -0.2) is 9.78 Å². The lowest BCUT2D eigenvalue weighted by molar-refractivity contribution is 0.0697. The number of benzene rings is 1. The van der Waals surface area contributed by atoms with Crippen LogP contribution in [0.1, 0.15) is 21.8 Å². The fourth-order valence-corrected chi connectivity index (χ4v) is 2.08. The van der Waals surface area contributed by atoms with Gasteiger partial charge in [-0.2, -0.15) is 0 Å². The van der Waals surface area contributed by atoms with E-state index >= 15 is 0 Å². The molecule has 0 aliphatic heterocycles. The van der Waals surface area contributed by atoms with Crippen molar-refractivity contribution in [3.8, 4) is 0 Å². The van der Waals surface area contributed by atoms with Crippen LogP contribution in [0.2, 0.25) is 0 Å². The Morgan fingerprint density at radius 3 is 2.86 bits per heavy atom. The quantitative estimate of drug-likeness (QED) is 0.765. The molecule has 0 atom stereocenters. The highest BCUT2D eigenvalue weighted by molar-refractivity contribution is 5.98. The first-order chi connectivity index (χ1) is 10.1. The molecular weight excluding hydrogens is 270 g/mol. The Hall–Kier alpha value is -2.89. The second-order valence-corrected chi connectivity index (χ2v) is 4.67. The van der Waals surface area contributed by atoms with Crippen LogP contribution in [-0.4, -0.2) is 21.2 Å². The number of aryl methyl sites for hydroxylation is 1. The van der Waals surface area contributed by atoms with E-state index in [-0.39, 0.29) is 5.56 Å². The summed E-state index contributed by atoms with van der Waals surface area (Å²) in [6.45, 7) is 2.15. The van der Waals surface area contributed by atoms with Crippen molar-refractivity contribution in [3.05, 3.63) is 53.4 Å². The molecule has 21 heavy (non-hydrogen) atoms. The number of nitrogens with zero attached hydrogens (tertiary/aromatic N) is 2. The summed E-state index contributed by atoms with van der Waals surface area (Å²) in [7, 11) is 0. The van der Waals surface area contributed by atoms with E-state index in [1.54, 1.807) is 12.1 Å². The Morgan fingerprint density at radius 1 is 1.33 bits per heavy atom. The maximum atomic E-state index is 11.4. The Balaban J connectivity index is 1.95. The molecule has 2 aromatic heterocycles. The van der Waals surface area contributed by atoms with E-state index in [0.29, 0.717) is 18.1 Å². The minimum Gasteiger partial charge on any atom is -0.478 e. The Kier molecular flexibility index (Phi) is 3.27. The summed E-state index contributed by atoms with van der Waals surface area (Å²) in [4.78, 5) is 15.7. The molecule has 3 rings (SSSR count). The van der Waals surface area contributed by atoms with E-state index in [9.17, 15) is 9.90 Å². The van der Waals surface area contributed by atoms with Gasteiger partial charge >= 0.3 is 5.97 Å². The molecule has 6 nitrogen and oxygen atoms in total. The second kappa shape index (κ2) is 5.24. The van der Waals surface area contributed by atoms with Crippen molar-refractivity contribution in [2.24, 2.45) is 0 Å². The van der Waals surface area contributed by atoms with Gasteiger partial charge in [0.15, 0.2) is 5.76 Å². The smallest absolute Gasteiger partial charge is 0.339 e. The standard InChI is InChI=1S/C15H13N3O3/c1-9-6-11(21-18-9)8-16-14-12(15(19)20)7-10-4-2-3-5-13(10)17-14/h2-7H,8H2,1H3,(H,16,17)(H,19,20). The molecule has 0 radical (unpaired) electrons. The molecule has 0 aliphatic carbocycles. The number of aromatic carboxylic acids is 1. The van der Waals surface area contributed by atoms with E-state index < -0.39 is 5.97 Å². The number of carboxylic acids is 1. The van der Waals surface area contributed by atoms with E-state index in [4.69, 9.17) is 4.52 Å². The highest BCUT2D eigenvalue weighted by Gasteiger charge is 2.13. The number of para-hydroxylation sites is 1. The van der Waals surface area contributed by atoms with Gasteiger partial charge in [0.2, 0.25) is 0 Å². The maximum absolute atomic E-state index is 11.4. The highest BCUT2D eigenvalue weighted by atomic mass is 16.5. The van der Waals surface area contributed by atoms with Crippen molar-refractivity contribution in [2.75, 3.05) is 5.32 Å². The normalized spacial score (nSPS) is 10.7. The number of nitrogens with one attached hydrogen (secondary N) is 1. The SMILES string of the molecule is Cc1cc(CNc2nc3ccccc3cc2C(=O)O)on1. The first-order valence-corrected chi connectivity index (χ1v) is 6.42. The van der Waals surface area contributed by atoms with Gasteiger partial charge in [-0.15, -0.1) is 0 Å². The molecule has 2 heterocycles. The van der Waals surface area contributed by atoms with Gasteiger partial charge in [-0.3, -0.25) is 0 Å². The first kappa shape index (κ1) is 13.1. The number of fused-ring (bicyclic) bond motifs is 1. The van der Waals surface area contributed by atoms with Gasteiger partial charge in [0.05, 0.1) is 17.8 Å². The molecule has 1 aromatic carbocycles. The average molecular weight is 283 g/mol. The minimum atomic E-state index is -1.02. The first-order valence-electron chi connectivity index (χ1n) is 6.42. The zero-order valence-electron chi connectivity index (χ0n) is 11.3. The lowest BCUT2D eigenvalue weighted by Crippen LogP contribution is -2.08. The Labute approximate surface area is 120 Å². The molecule has 0 saturated carbocycles. The summed E-state index contributed by atoms with van der Waals surface area (Å²) < 4.78 is 5.09. The summed E-state index contributed by atoms with van der Waals surface area (Å²) in [6, 6.07) is 10.8. The predicted molar refractivity (Wildman–Crippen MR) is 77.3 cm³/mol. The van der Waals surface area contributed by atoms with Crippen molar-refractivity contribution in [2.45, 2.75) is 13.5 Å². The number of aromatic nitrogens is 2. The number of hydrogen-bond acceptors (Lipinski definition) is 5. The molecule has 0 amide bonds. The Morgan fingerprint density at radius 2 is 2.14 bits per heavy atom. The van der Waals surface area contributed by atoms with Gasteiger partial charge in [0.1, 0.15) is 11.4 Å². The van der Waals surface area contributed by atoms with Crippen LogP contribution in [0.3, 0.4) is 0 Å². The second-order valence-electron chi connectivity index (χ2n) is 4.67. The largest absolute Gasteiger partial charge is 0.478 e. The van der Waals surface area contributed by atoms with Gasteiger partial charge in [0, 0.05) is 11.5 Å². The van der Waals surface area contributed by atoms with Crippen molar-refractivity contribution in [3.63, 3.8) is 0 Å². The number of carboxylic acid groups (broad SMARTS) is 1. The van der Waals surface area contributed by atoms with Crippen molar-refractivity contribution >= 4 is 22.7 Å². The predicted octanol–water partition coefficient (Wildman–Crippen LogP) is 2.84. The number of hydrogen-bond donors (Lipinski definition) is 2. The van der Waals surface area contributed by atoms with Crippen LogP contribution >= 0.6 is 0 Å². The third-order valence-electron chi connectivity index (χ3n) is 3.06. The van der Waals surface area contributed by atoms with Gasteiger partial charge in [-0.05, 0) is 19.1 Å². The zero-order valence-corrected chi connectivity index (χ0v) is 11.3. The minimum absolute atomic E-state index is 0.130. The summed E-state index contributed by atoms with van der Waals surface area (Å²) in [5, 5.41) is 16.9. The fraction of sp³-hybridized carbons (Fsp3) is 0.133. The molecule has 106 valence electrons. The van der Waals surface area contributed by atoms with Crippen LogP contribution in [0.15, 0.2) is 40.9 Å². The van der Waals surface area contributed by atoms with E-state index in [2.05, 4.69) is 15.5 Å². The maximum Gasteiger partial charge on any atom is 0.339 e. The molecule has 0 fully saturated rings. The average Bonchev–Trinajstić information content (AvgIpc) is 2.89. The zero-order chi connectivity index (χ0) is 14.8. The van der Waals surface area contributed by atoms with E-state index in [0.717, 1.165) is 16.6 Å². The van der Waals surface area contributed by atoms with Crippen LogP contribution in [0, 0.1) is 6.92 Å². The lowest BCUT2D eigenvalue weighted by atomic mass is 10.1. The van der Waals surface area contributed by atoms with Gasteiger partial charge < -0.3 is 14.9 Å².